The van der Waals surface area contributed by atoms with Crippen LogP contribution >= 0.6 is 0 Å². The number of anilines is 1. The lowest BCUT2D eigenvalue weighted by atomic mass is 10.1. The summed E-state index contributed by atoms with van der Waals surface area (Å²) in [6.07, 6.45) is 2.47. The largest absolute Gasteiger partial charge is 0.480 e. The fraction of sp³-hybridized carbons (Fsp3) is 0.357. The summed E-state index contributed by atoms with van der Waals surface area (Å²) in [5.74, 6) is 1.69. The summed E-state index contributed by atoms with van der Waals surface area (Å²) in [6, 6.07) is 7.19. The molecule has 4 aromatic rings. The maximum atomic E-state index is 13.3. The molecule has 12 heteroatoms. The predicted octanol–water partition coefficient (Wildman–Crippen LogP) is 5.77. The maximum absolute atomic E-state index is 13.3. The first-order valence-corrected chi connectivity index (χ1v) is 13.0. The molecule has 0 radical (unpaired) electrons. The molecule has 2 aliphatic rings. The molecule has 0 saturated heterocycles. The van der Waals surface area contributed by atoms with Crippen LogP contribution in [-0.4, -0.2) is 42.9 Å². The van der Waals surface area contributed by atoms with Gasteiger partial charge in [0.2, 0.25) is 5.88 Å². The van der Waals surface area contributed by atoms with Crippen molar-refractivity contribution in [2.75, 3.05) is 12.4 Å². The third kappa shape index (κ3) is 5.01. The smallest absolute Gasteiger partial charge is 0.434 e. The molecule has 2 aliphatic carbocycles. The van der Waals surface area contributed by atoms with Crippen molar-refractivity contribution in [3.8, 4) is 28.7 Å². The Morgan fingerprint density at radius 2 is 1.82 bits per heavy atom. The zero-order chi connectivity index (χ0) is 28.0. The van der Waals surface area contributed by atoms with Crippen molar-refractivity contribution in [3.63, 3.8) is 0 Å². The zero-order valence-electron chi connectivity index (χ0n) is 21.9. The van der Waals surface area contributed by atoms with Crippen LogP contribution in [0, 0.1) is 6.92 Å². The maximum Gasteiger partial charge on any atom is 0.434 e. The molecule has 6 rings (SSSR count). The van der Waals surface area contributed by atoms with Gasteiger partial charge in [-0.2, -0.15) is 13.2 Å². The zero-order valence-corrected chi connectivity index (χ0v) is 21.9. The highest BCUT2D eigenvalue weighted by molar-refractivity contribution is 5.85. The lowest BCUT2D eigenvalue weighted by molar-refractivity contribution is -0.140. The molecule has 9 nitrogen and oxygen atoms in total. The van der Waals surface area contributed by atoms with E-state index in [9.17, 15) is 18.0 Å². The van der Waals surface area contributed by atoms with E-state index in [0.717, 1.165) is 43.1 Å². The minimum absolute atomic E-state index is 0.0472. The van der Waals surface area contributed by atoms with Crippen LogP contribution in [0.3, 0.4) is 0 Å². The van der Waals surface area contributed by atoms with Crippen LogP contribution in [0.25, 0.3) is 22.8 Å². The van der Waals surface area contributed by atoms with E-state index in [1.165, 1.54) is 13.4 Å². The summed E-state index contributed by atoms with van der Waals surface area (Å²) in [4.78, 5) is 33.7. The summed E-state index contributed by atoms with van der Waals surface area (Å²) >= 11 is 0. The second-order valence-corrected chi connectivity index (χ2v) is 10.1. The summed E-state index contributed by atoms with van der Waals surface area (Å²) in [5, 5.41) is 3.22. The van der Waals surface area contributed by atoms with Crippen molar-refractivity contribution in [1.29, 1.82) is 0 Å². The molecular formula is C28H26F3N7O2. The number of aldehydes is 1. The second kappa shape index (κ2) is 10.00. The number of carbonyl (C=O) groups excluding carboxylic acids is 1. The third-order valence-corrected chi connectivity index (χ3v) is 7.11. The number of halogens is 3. The SMILES string of the molecule is COc1ncnc(C2CC2)c1-c1nc(C)c(C=O)c(NCc2ccc(-c3nc(C(F)(F)F)cn3C3CC3)cc2)n1. The van der Waals surface area contributed by atoms with Crippen molar-refractivity contribution in [2.24, 2.45) is 0 Å². The Labute approximate surface area is 227 Å². The van der Waals surface area contributed by atoms with Gasteiger partial charge in [0, 0.05) is 30.3 Å². The first-order chi connectivity index (χ1) is 19.3. The van der Waals surface area contributed by atoms with Crippen LogP contribution in [-0.2, 0) is 12.7 Å². The van der Waals surface area contributed by atoms with Crippen LogP contribution in [0.5, 0.6) is 5.88 Å². The predicted molar refractivity (Wildman–Crippen MR) is 140 cm³/mol. The first kappa shape index (κ1) is 25.9. The van der Waals surface area contributed by atoms with Crippen LogP contribution in [0.4, 0.5) is 19.0 Å². The van der Waals surface area contributed by atoms with Crippen LogP contribution in [0.15, 0.2) is 36.8 Å². The van der Waals surface area contributed by atoms with E-state index in [0.29, 0.717) is 64.5 Å². The number of ether oxygens (including phenoxy) is 1. The molecular weight excluding hydrogens is 523 g/mol. The Kier molecular flexibility index (Phi) is 6.47. The number of benzene rings is 1. The quantitative estimate of drug-likeness (QED) is 0.262. The van der Waals surface area contributed by atoms with E-state index in [2.05, 4.69) is 30.2 Å². The van der Waals surface area contributed by atoms with E-state index in [4.69, 9.17) is 4.74 Å². The van der Waals surface area contributed by atoms with Gasteiger partial charge in [0.05, 0.1) is 24.1 Å². The highest BCUT2D eigenvalue weighted by Crippen LogP contribution is 2.45. The van der Waals surface area contributed by atoms with Gasteiger partial charge < -0.3 is 14.6 Å². The molecule has 1 aromatic carbocycles. The number of nitrogens with one attached hydrogen (secondary N) is 1. The third-order valence-electron chi connectivity index (χ3n) is 7.11. The number of nitrogens with zero attached hydrogens (tertiary/aromatic N) is 6. The van der Waals surface area contributed by atoms with Crippen molar-refractivity contribution in [3.05, 3.63) is 65.0 Å². The molecule has 40 heavy (non-hydrogen) atoms. The minimum Gasteiger partial charge on any atom is -0.480 e. The van der Waals surface area contributed by atoms with Gasteiger partial charge in [-0.05, 0) is 38.2 Å². The Balaban J connectivity index is 1.27. The number of hydrogen-bond acceptors (Lipinski definition) is 8. The fourth-order valence-electron chi connectivity index (χ4n) is 4.71. The normalized spacial score (nSPS) is 15.2. The van der Waals surface area contributed by atoms with E-state index >= 15 is 0 Å². The van der Waals surface area contributed by atoms with Crippen LogP contribution < -0.4 is 10.1 Å². The van der Waals surface area contributed by atoms with Crippen molar-refractivity contribution >= 4 is 12.1 Å². The van der Waals surface area contributed by atoms with Crippen molar-refractivity contribution in [2.45, 2.75) is 57.3 Å². The molecule has 2 fully saturated rings. The van der Waals surface area contributed by atoms with Gasteiger partial charge in [0.15, 0.2) is 17.8 Å². The monoisotopic (exact) mass is 549 g/mol. The molecule has 2 saturated carbocycles. The summed E-state index contributed by atoms with van der Waals surface area (Å²) in [6.45, 7) is 2.05. The number of imidazole rings is 1. The summed E-state index contributed by atoms with van der Waals surface area (Å²) < 4.78 is 47.0. The molecule has 3 heterocycles. The van der Waals surface area contributed by atoms with Gasteiger partial charge in [-0.15, -0.1) is 0 Å². The van der Waals surface area contributed by atoms with E-state index in [1.807, 2.05) is 12.1 Å². The molecule has 0 bridgehead atoms. The van der Waals surface area contributed by atoms with Gasteiger partial charge in [-0.25, -0.2) is 24.9 Å². The molecule has 1 N–H and O–H groups in total. The Bertz CT molecular complexity index is 1580. The van der Waals surface area contributed by atoms with Crippen LogP contribution in [0.2, 0.25) is 0 Å². The number of alkyl halides is 3. The van der Waals surface area contributed by atoms with E-state index in [-0.39, 0.29) is 6.04 Å². The van der Waals surface area contributed by atoms with Gasteiger partial charge in [-0.1, -0.05) is 24.3 Å². The van der Waals surface area contributed by atoms with Gasteiger partial charge in [0.25, 0.3) is 0 Å². The Morgan fingerprint density at radius 3 is 2.45 bits per heavy atom. The molecule has 0 atom stereocenters. The molecule has 0 amide bonds. The topological polar surface area (TPSA) is 108 Å². The molecule has 0 unspecified atom stereocenters. The minimum atomic E-state index is -4.50. The number of aromatic nitrogens is 6. The van der Waals surface area contributed by atoms with Gasteiger partial charge >= 0.3 is 6.18 Å². The summed E-state index contributed by atoms with van der Waals surface area (Å²) in [7, 11) is 1.53. The number of carbonyl (C=O) groups is 1. The van der Waals surface area contributed by atoms with Crippen LogP contribution in [0.1, 0.15) is 70.6 Å². The summed E-state index contributed by atoms with van der Waals surface area (Å²) in [5.41, 5.74) is 2.83. The number of hydrogen-bond donors (Lipinski definition) is 1. The van der Waals surface area contributed by atoms with Crippen molar-refractivity contribution in [1.82, 2.24) is 29.5 Å². The lowest BCUT2D eigenvalue weighted by Gasteiger charge is -2.15. The Morgan fingerprint density at radius 1 is 1.07 bits per heavy atom. The fourth-order valence-corrected chi connectivity index (χ4v) is 4.71. The van der Waals surface area contributed by atoms with Gasteiger partial charge in [-0.3, -0.25) is 4.79 Å². The van der Waals surface area contributed by atoms with Gasteiger partial charge in [0.1, 0.15) is 23.5 Å². The molecule has 0 aliphatic heterocycles. The van der Waals surface area contributed by atoms with E-state index < -0.39 is 11.9 Å². The first-order valence-electron chi connectivity index (χ1n) is 13.0. The highest BCUT2D eigenvalue weighted by atomic mass is 19.4. The highest BCUT2D eigenvalue weighted by Gasteiger charge is 2.37. The second-order valence-electron chi connectivity index (χ2n) is 10.1. The number of aryl methyl sites for hydroxylation is 1. The molecule has 0 spiro atoms. The Hall–Kier alpha value is -4.35. The number of rotatable bonds is 9. The lowest BCUT2D eigenvalue weighted by Crippen LogP contribution is -2.10. The number of methoxy groups -OCH3 is 1. The standard InChI is InChI=1S/C28H26F3N7O2/c1-15-20(13-39)24(37-25(35-15)22-23(17-7-8-17)33-14-34-27(22)40-2)32-11-16-3-5-18(6-4-16)26-36-21(28(29,30)31)12-38(26)19-9-10-19/h3-6,12-14,17,19H,7-11H2,1-2H3,(H,32,35,37). The molecule has 3 aromatic heterocycles. The average Bonchev–Trinajstić information content (AvgIpc) is 3.89. The van der Waals surface area contributed by atoms with Crippen molar-refractivity contribution < 1.29 is 22.7 Å². The van der Waals surface area contributed by atoms with E-state index in [1.54, 1.807) is 23.6 Å². The molecule has 206 valence electrons. The average molecular weight is 550 g/mol.